The van der Waals surface area contributed by atoms with Gasteiger partial charge >= 0.3 is 0 Å². The number of rotatable bonds is 3. The second kappa shape index (κ2) is 5.10. The summed E-state index contributed by atoms with van der Waals surface area (Å²) in [5.41, 5.74) is 7.90. The SMILES string of the molecule is Cc1ccc(Cc2nnc(C(C)N)c(=O)[nH]2)cc1. The normalized spacial score (nSPS) is 12.4. The molecule has 2 aromatic rings. The first kappa shape index (κ1) is 12.4. The van der Waals surface area contributed by atoms with E-state index in [0.717, 1.165) is 5.56 Å². The lowest BCUT2D eigenvalue weighted by molar-refractivity contribution is 0.703. The lowest BCUT2D eigenvalue weighted by Gasteiger charge is -2.04. The van der Waals surface area contributed by atoms with E-state index >= 15 is 0 Å². The molecule has 0 aliphatic carbocycles. The van der Waals surface area contributed by atoms with Gasteiger partial charge in [0.05, 0.1) is 6.04 Å². The van der Waals surface area contributed by atoms with E-state index in [4.69, 9.17) is 5.73 Å². The van der Waals surface area contributed by atoms with Gasteiger partial charge in [-0.05, 0) is 19.4 Å². The number of hydrogen-bond acceptors (Lipinski definition) is 4. The number of H-pyrrole nitrogens is 1. The summed E-state index contributed by atoms with van der Waals surface area (Å²) in [5.74, 6) is 0.549. The van der Waals surface area contributed by atoms with E-state index in [1.54, 1.807) is 6.92 Å². The number of nitrogens with zero attached hydrogens (tertiary/aromatic N) is 2. The molecule has 1 atom stereocenters. The van der Waals surface area contributed by atoms with Crippen LogP contribution in [-0.2, 0) is 6.42 Å². The van der Waals surface area contributed by atoms with E-state index in [1.165, 1.54) is 5.56 Å². The molecule has 0 radical (unpaired) electrons. The van der Waals surface area contributed by atoms with Crippen LogP contribution in [0.5, 0.6) is 0 Å². The highest BCUT2D eigenvalue weighted by Crippen LogP contribution is 2.06. The third kappa shape index (κ3) is 2.81. The zero-order valence-electron chi connectivity index (χ0n) is 10.5. The Hall–Kier alpha value is -2.01. The van der Waals surface area contributed by atoms with Gasteiger partial charge in [-0.1, -0.05) is 29.8 Å². The number of nitrogens with one attached hydrogen (secondary N) is 1. The number of aryl methyl sites for hydroxylation is 1. The molecule has 0 saturated heterocycles. The Balaban J connectivity index is 2.23. The smallest absolute Gasteiger partial charge is 0.274 e. The predicted octanol–water partition coefficient (Wildman–Crippen LogP) is 1.08. The number of benzene rings is 1. The van der Waals surface area contributed by atoms with Gasteiger partial charge in [0, 0.05) is 6.42 Å². The first-order chi connectivity index (χ1) is 8.56. The van der Waals surface area contributed by atoms with Gasteiger partial charge < -0.3 is 10.7 Å². The Labute approximate surface area is 105 Å². The molecule has 5 nitrogen and oxygen atoms in total. The topological polar surface area (TPSA) is 84.7 Å². The van der Waals surface area contributed by atoms with Crippen LogP contribution >= 0.6 is 0 Å². The molecule has 1 heterocycles. The maximum Gasteiger partial charge on any atom is 0.274 e. The zero-order valence-corrected chi connectivity index (χ0v) is 10.5. The van der Waals surface area contributed by atoms with Crippen LogP contribution in [0.1, 0.15) is 35.6 Å². The van der Waals surface area contributed by atoms with Gasteiger partial charge in [-0.2, -0.15) is 0 Å². The first-order valence-corrected chi connectivity index (χ1v) is 5.83. The van der Waals surface area contributed by atoms with Crippen molar-refractivity contribution in [1.82, 2.24) is 15.2 Å². The largest absolute Gasteiger partial charge is 0.323 e. The minimum atomic E-state index is -0.408. The van der Waals surface area contributed by atoms with E-state index in [1.807, 2.05) is 31.2 Å². The summed E-state index contributed by atoms with van der Waals surface area (Å²) in [6, 6.07) is 7.66. The van der Waals surface area contributed by atoms with E-state index in [2.05, 4.69) is 15.2 Å². The molecule has 5 heteroatoms. The maximum absolute atomic E-state index is 11.7. The number of aromatic amines is 1. The quantitative estimate of drug-likeness (QED) is 0.846. The lowest BCUT2D eigenvalue weighted by Crippen LogP contribution is -2.24. The van der Waals surface area contributed by atoms with Crippen molar-refractivity contribution in [1.29, 1.82) is 0 Å². The van der Waals surface area contributed by atoms with Crippen LogP contribution in [0.2, 0.25) is 0 Å². The van der Waals surface area contributed by atoms with E-state index in [9.17, 15) is 4.79 Å². The highest BCUT2D eigenvalue weighted by atomic mass is 16.1. The summed E-state index contributed by atoms with van der Waals surface area (Å²) in [7, 11) is 0. The molecular formula is C13H16N4O. The van der Waals surface area contributed by atoms with Crippen molar-refractivity contribution in [2.45, 2.75) is 26.3 Å². The number of nitrogens with two attached hydrogens (primary N) is 1. The third-order valence-electron chi connectivity index (χ3n) is 2.69. The Kier molecular flexibility index (Phi) is 3.53. The fraction of sp³-hybridized carbons (Fsp3) is 0.308. The number of hydrogen-bond donors (Lipinski definition) is 2. The molecule has 1 aromatic heterocycles. The Morgan fingerprint density at radius 2 is 1.94 bits per heavy atom. The van der Waals surface area contributed by atoms with Gasteiger partial charge in [-0.15, -0.1) is 10.2 Å². The van der Waals surface area contributed by atoms with Crippen molar-refractivity contribution in [2.75, 3.05) is 0 Å². The predicted molar refractivity (Wildman–Crippen MR) is 69.2 cm³/mol. The summed E-state index contributed by atoms with van der Waals surface area (Å²) in [6.07, 6.45) is 0.557. The molecule has 1 aromatic carbocycles. The summed E-state index contributed by atoms with van der Waals surface area (Å²) in [5, 5.41) is 7.87. The fourth-order valence-electron chi connectivity index (χ4n) is 1.66. The minimum absolute atomic E-state index is 0.262. The van der Waals surface area contributed by atoms with Crippen LogP contribution in [0.4, 0.5) is 0 Å². The average Bonchev–Trinajstić information content (AvgIpc) is 2.32. The van der Waals surface area contributed by atoms with Crippen LogP contribution in [0.25, 0.3) is 0 Å². The highest BCUT2D eigenvalue weighted by Gasteiger charge is 2.09. The standard InChI is InChI=1S/C13H16N4O/c1-8-3-5-10(6-4-8)7-11-15-13(18)12(9(2)14)17-16-11/h3-6,9H,7,14H2,1-2H3,(H,15,16,18). The average molecular weight is 244 g/mol. The maximum atomic E-state index is 11.7. The monoisotopic (exact) mass is 244 g/mol. The molecule has 18 heavy (non-hydrogen) atoms. The van der Waals surface area contributed by atoms with Crippen molar-refractivity contribution in [2.24, 2.45) is 5.73 Å². The number of aromatic nitrogens is 3. The van der Waals surface area contributed by atoms with Gasteiger partial charge in [0.15, 0.2) is 0 Å². The molecule has 0 amide bonds. The Morgan fingerprint density at radius 1 is 1.28 bits per heavy atom. The van der Waals surface area contributed by atoms with Gasteiger partial charge in [-0.3, -0.25) is 4.79 Å². The molecule has 2 rings (SSSR count). The third-order valence-corrected chi connectivity index (χ3v) is 2.69. The Morgan fingerprint density at radius 3 is 2.50 bits per heavy atom. The molecule has 0 bridgehead atoms. The molecule has 1 unspecified atom stereocenters. The van der Waals surface area contributed by atoms with Gasteiger partial charge in [0.1, 0.15) is 11.5 Å². The van der Waals surface area contributed by atoms with Crippen molar-refractivity contribution < 1.29 is 0 Å². The van der Waals surface area contributed by atoms with Crippen LogP contribution in [0, 0.1) is 6.92 Å². The zero-order chi connectivity index (χ0) is 13.1. The molecule has 3 N–H and O–H groups in total. The van der Waals surface area contributed by atoms with Crippen molar-refractivity contribution in [3.63, 3.8) is 0 Å². The summed E-state index contributed by atoms with van der Waals surface area (Å²) >= 11 is 0. The van der Waals surface area contributed by atoms with Crippen molar-refractivity contribution >= 4 is 0 Å². The van der Waals surface area contributed by atoms with E-state index < -0.39 is 6.04 Å². The first-order valence-electron chi connectivity index (χ1n) is 5.83. The lowest BCUT2D eigenvalue weighted by atomic mass is 10.1. The Bertz CT molecular complexity index is 587. The summed E-state index contributed by atoms with van der Waals surface area (Å²) in [4.78, 5) is 14.4. The van der Waals surface area contributed by atoms with Gasteiger partial charge in [0.25, 0.3) is 5.56 Å². The molecule has 94 valence electrons. The van der Waals surface area contributed by atoms with E-state index in [0.29, 0.717) is 12.2 Å². The van der Waals surface area contributed by atoms with Crippen LogP contribution in [0.3, 0.4) is 0 Å². The molecule has 0 aliphatic heterocycles. The molecule has 0 spiro atoms. The molecular weight excluding hydrogens is 228 g/mol. The second-order valence-corrected chi connectivity index (χ2v) is 4.44. The minimum Gasteiger partial charge on any atom is -0.323 e. The summed E-state index contributed by atoms with van der Waals surface area (Å²) < 4.78 is 0. The molecule has 0 saturated carbocycles. The van der Waals surface area contributed by atoms with Crippen LogP contribution < -0.4 is 11.3 Å². The van der Waals surface area contributed by atoms with Crippen LogP contribution in [-0.4, -0.2) is 15.2 Å². The van der Waals surface area contributed by atoms with Crippen molar-refractivity contribution in [3.8, 4) is 0 Å². The van der Waals surface area contributed by atoms with Crippen LogP contribution in [0.15, 0.2) is 29.1 Å². The second-order valence-electron chi connectivity index (χ2n) is 4.44. The molecule has 0 aliphatic rings. The highest BCUT2D eigenvalue weighted by molar-refractivity contribution is 5.23. The van der Waals surface area contributed by atoms with Crippen molar-refractivity contribution in [3.05, 3.63) is 57.3 Å². The summed E-state index contributed by atoms with van der Waals surface area (Å²) in [6.45, 7) is 3.74. The fourth-order valence-corrected chi connectivity index (χ4v) is 1.66. The van der Waals surface area contributed by atoms with Gasteiger partial charge in [0.2, 0.25) is 0 Å². The molecule has 0 fully saturated rings. The van der Waals surface area contributed by atoms with Gasteiger partial charge in [-0.25, -0.2) is 0 Å². The van der Waals surface area contributed by atoms with E-state index in [-0.39, 0.29) is 11.3 Å².